The number of likely N-dealkylation sites (tertiary alicyclic amines) is 1. The Balaban J connectivity index is 1.51. The number of morpholine rings is 1. The number of aliphatic hydroxyl groups excluding tert-OH is 1. The summed E-state index contributed by atoms with van der Waals surface area (Å²) in [5, 5.41) is 10.3. The molecule has 1 N–H and O–H groups in total. The van der Waals surface area contributed by atoms with E-state index >= 15 is 0 Å². The molecule has 0 aromatic rings. The molecule has 0 aliphatic carbocycles. The number of ether oxygens (including phenoxy) is 3. The highest BCUT2D eigenvalue weighted by Crippen LogP contribution is 2.54. The number of cyclic esters (lactones) is 1. The van der Waals surface area contributed by atoms with Crippen molar-refractivity contribution in [2.75, 3.05) is 59.2 Å². The van der Waals surface area contributed by atoms with Gasteiger partial charge in [-0.15, -0.1) is 0 Å². The van der Waals surface area contributed by atoms with Gasteiger partial charge in [0.15, 0.2) is 0 Å². The van der Waals surface area contributed by atoms with Gasteiger partial charge in [0.25, 0.3) is 0 Å². The van der Waals surface area contributed by atoms with E-state index in [0.717, 1.165) is 13.1 Å². The van der Waals surface area contributed by atoms with Crippen LogP contribution >= 0.6 is 0 Å². The van der Waals surface area contributed by atoms with Crippen molar-refractivity contribution < 1.29 is 33.7 Å². The summed E-state index contributed by atoms with van der Waals surface area (Å²) in [6.07, 6.45) is 6.54. The summed E-state index contributed by atoms with van der Waals surface area (Å²) in [6, 6.07) is -1.54. The smallest absolute Gasteiger partial charge is 0.313 e. The topological polar surface area (TPSA) is 109 Å². The van der Waals surface area contributed by atoms with E-state index in [1.807, 2.05) is 26.0 Å². The molecule has 0 saturated carbocycles. The van der Waals surface area contributed by atoms with Gasteiger partial charge in [-0.05, 0) is 12.0 Å². The first-order chi connectivity index (χ1) is 16.9. The maximum Gasteiger partial charge on any atom is 0.313 e. The predicted molar refractivity (Wildman–Crippen MR) is 124 cm³/mol. The molecule has 3 fully saturated rings. The van der Waals surface area contributed by atoms with E-state index in [2.05, 4.69) is 4.90 Å². The van der Waals surface area contributed by atoms with Crippen molar-refractivity contribution in [1.82, 2.24) is 14.7 Å². The summed E-state index contributed by atoms with van der Waals surface area (Å²) in [5.41, 5.74) is -1.29. The molecule has 5 aliphatic rings. The molecule has 10 heteroatoms. The van der Waals surface area contributed by atoms with Crippen molar-refractivity contribution in [3.63, 3.8) is 0 Å². The Hall–Kier alpha value is -2.27. The van der Waals surface area contributed by atoms with Crippen molar-refractivity contribution in [2.45, 2.75) is 37.6 Å². The lowest BCUT2D eigenvalue weighted by Gasteiger charge is -2.40. The number of amides is 2. The molecule has 5 rings (SSSR count). The number of carbonyl (C=O) groups is 3. The molecule has 0 radical (unpaired) electrons. The Morgan fingerprint density at radius 2 is 1.89 bits per heavy atom. The highest BCUT2D eigenvalue weighted by Gasteiger charge is 2.72. The van der Waals surface area contributed by atoms with Crippen LogP contribution in [0.2, 0.25) is 0 Å². The van der Waals surface area contributed by atoms with Crippen LogP contribution in [0.3, 0.4) is 0 Å². The third kappa shape index (κ3) is 4.00. The second-order valence-electron chi connectivity index (χ2n) is 10.3. The SMILES string of the molecule is CC(C)[C@H](CO)N1C(=O)[C@@H]2[C@@H]3C(=O)OCC=C[C@@H]3O[C@@]23C=CCN(CCN2CCOCC2)C(=O)C13. The second kappa shape index (κ2) is 9.65. The number of hydrogen-bond acceptors (Lipinski definition) is 8. The highest BCUT2D eigenvalue weighted by molar-refractivity contribution is 5.99. The number of esters is 1. The van der Waals surface area contributed by atoms with Gasteiger partial charge in [-0.25, -0.2) is 0 Å². The van der Waals surface area contributed by atoms with Gasteiger partial charge in [-0.3, -0.25) is 19.3 Å². The van der Waals surface area contributed by atoms with Crippen LogP contribution in [-0.2, 0) is 28.6 Å². The van der Waals surface area contributed by atoms with E-state index in [9.17, 15) is 19.5 Å². The highest BCUT2D eigenvalue weighted by atomic mass is 16.6. The molecule has 0 aromatic heterocycles. The molecule has 0 aromatic carbocycles. The summed E-state index contributed by atoms with van der Waals surface area (Å²) in [5.74, 6) is -2.87. The quantitative estimate of drug-likeness (QED) is 0.390. The van der Waals surface area contributed by atoms with Crippen LogP contribution in [0.15, 0.2) is 24.3 Å². The van der Waals surface area contributed by atoms with Crippen molar-refractivity contribution in [1.29, 1.82) is 0 Å². The Kier molecular flexibility index (Phi) is 6.73. The summed E-state index contributed by atoms with van der Waals surface area (Å²) in [6.45, 7) is 8.25. The predicted octanol–water partition coefficient (Wildman–Crippen LogP) is -0.572. The van der Waals surface area contributed by atoms with Gasteiger partial charge in [0.1, 0.15) is 24.2 Å². The van der Waals surface area contributed by atoms with Gasteiger partial charge in [0.05, 0.1) is 37.9 Å². The minimum absolute atomic E-state index is 0.0987. The number of aliphatic hydroxyl groups is 1. The van der Waals surface area contributed by atoms with E-state index in [1.165, 1.54) is 4.90 Å². The molecule has 5 aliphatic heterocycles. The maximum atomic E-state index is 14.1. The van der Waals surface area contributed by atoms with Crippen molar-refractivity contribution in [3.8, 4) is 0 Å². The molecule has 0 bridgehead atoms. The fourth-order valence-corrected chi connectivity index (χ4v) is 6.22. The largest absolute Gasteiger partial charge is 0.461 e. The van der Waals surface area contributed by atoms with E-state index in [4.69, 9.17) is 14.2 Å². The number of fused-ring (bicyclic) bond motifs is 2. The summed E-state index contributed by atoms with van der Waals surface area (Å²) in [4.78, 5) is 46.6. The fourth-order valence-electron chi connectivity index (χ4n) is 6.22. The minimum Gasteiger partial charge on any atom is -0.461 e. The number of hydrogen-bond donors (Lipinski definition) is 1. The summed E-state index contributed by atoms with van der Waals surface area (Å²) >= 11 is 0. The van der Waals surface area contributed by atoms with Crippen molar-refractivity contribution in [3.05, 3.63) is 24.3 Å². The van der Waals surface area contributed by atoms with Gasteiger partial charge >= 0.3 is 5.97 Å². The van der Waals surface area contributed by atoms with Crippen molar-refractivity contribution >= 4 is 17.8 Å². The molecular weight excluding hydrogens is 454 g/mol. The van der Waals surface area contributed by atoms with Gasteiger partial charge in [-0.1, -0.05) is 32.1 Å². The lowest BCUT2D eigenvalue weighted by molar-refractivity contribution is -0.155. The molecule has 2 amide bonds. The zero-order chi connectivity index (χ0) is 24.7. The van der Waals surface area contributed by atoms with Crippen LogP contribution in [0.5, 0.6) is 0 Å². The first-order valence-corrected chi connectivity index (χ1v) is 12.6. The Bertz CT molecular complexity index is 915. The molecule has 192 valence electrons. The molecule has 35 heavy (non-hydrogen) atoms. The number of nitrogens with zero attached hydrogens (tertiary/aromatic N) is 3. The van der Waals surface area contributed by atoms with Crippen LogP contribution < -0.4 is 0 Å². The normalized spacial score (nSPS) is 36.1. The van der Waals surface area contributed by atoms with E-state index in [0.29, 0.717) is 32.8 Å². The molecule has 10 nitrogen and oxygen atoms in total. The van der Waals surface area contributed by atoms with Gasteiger partial charge in [-0.2, -0.15) is 0 Å². The zero-order valence-electron chi connectivity index (χ0n) is 20.4. The standard InChI is InChI=1S/C25H35N3O7/c1-16(2)17(15-29)28-21-23(31)27(9-8-26-10-13-33-14-11-26)7-4-6-25(21)20(22(28)30)19-18(35-25)5-3-12-34-24(19)32/h3-6,16-21,29H,7-15H2,1-2H3/t17-,18-,19+,20-,21?,25-/m0/s1. The molecule has 1 unspecified atom stereocenters. The fraction of sp³-hybridized carbons (Fsp3) is 0.720. The van der Waals surface area contributed by atoms with Gasteiger partial charge in [0.2, 0.25) is 11.8 Å². The Morgan fingerprint density at radius 1 is 1.11 bits per heavy atom. The van der Waals surface area contributed by atoms with Crippen molar-refractivity contribution in [2.24, 2.45) is 17.8 Å². The van der Waals surface area contributed by atoms with E-state index in [1.54, 1.807) is 17.1 Å². The van der Waals surface area contributed by atoms with E-state index in [-0.39, 0.29) is 30.9 Å². The molecule has 3 saturated heterocycles. The first kappa shape index (κ1) is 24.4. The molecule has 6 atom stereocenters. The number of carbonyl (C=O) groups excluding carboxylic acids is 3. The zero-order valence-corrected chi connectivity index (χ0v) is 20.4. The van der Waals surface area contributed by atoms with Crippen LogP contribution in [0.1, 0.15) is 13.8 Å². The Morgan fingerprint density at radius 3 is 2.60 bits per heavy atom. The van der Waals surface area contributed by atoms with Crippen LogP contribution in [0.4, 0.5) is 0 Å². The lowest BCUT2D eigenvalue weighted by atomic mass is 9.78. The monoisotopic (exact) mass is 489 g/mol. The maximum absolute atomic E-state index is 14.1. The summed E-state index contributed by atoms with van der Waals surface area (Å²) < 4.78 is 17.3. The van der Waals surface area contributed by atoms with Gasteiger partial charge < -0.3 is 29.1 Å². The lowest BCUT2D eigenvalue weighted by Crippen LogP contribution is -2.59. The minimum atomic E-state index is -1.29. The number of rotatable bonds is 6. The van der Waals surface area contributed by atoms with Crippen LogP contribution in [0, 0.1) is 17.8 Å². The average molecular weight is 490 g/mol. The van der Waals surface area contributed by atoms with Crippen LogP contribution in [0.25, 0.3) is 0 Å². The Labute approximate surface area is 205 Å². The third-order valence-corrected chi connectivity index (χ3v) is 8.04. The molecular formula is C25H35N3O7. The average Bonchev–Trinajstić information content (AvgIpc) is 3.14. The van der Waals surface area contributed by atoms with Crippen LogP contribution in [-0.4, -0.2) is 121 Å². The van der Waals surface area contributed by atoms with Gasteiger partial charge in [0, 0.05) is 32.7 Å². The third-order valence-electron chi connectivity index (χ3n) is 8.04. The molecule has 5 heterocycles. The van der Waals surface area contributed by atoms with E-state index < -0.39 is 41.6 Å². The second-order valence-corrected chi connectivity index (χ2v) is 10.3. The first-order valence-electron chi connectivity index (χ1n) is 12.6. The summed E-state index contributed by atoms with van der Waals surface area (Å²) in [7, 11) is 0. The molecule has 1 spiro atoms.